The molecule has 34 heavy (non-hydrogen) atoms. The lowest BCUT2D eigenvalue weighted by Crippen LogP contribution is -2.36. The van der Waals surface area contributed by atoms with Gasteiger partial charge in [-0.05, 0) is 43.2 Å². The second kappa shape index (κ2) is 10.3. The molecule has 2 heterocycles. The van der Waals surface area contributed by atoms with Crippen molar-refractivity contribution in [2.24, 2.45) is 0 Å². The fraction of sp³-hybridized carbons (Fsp3) is 0.478. The first-order valence-corrected chi connectivity index (χ1v) is 12.6. The van der Waals surface area contributed by atoms with Crippen molar-refractivity contribution in [3.05, 3.63) is 53.2 Å². The van der Waals surface area contributed by atoms with Gasteiger partial charge < -0.3 is 9.80 Å². The molecule has 1 aromatic heterocycles. The molecule has 0 spiro atoms. The van der Waals surface area contributed by atoms with Gasteiger partial charge in [0.15, 0.2) is 0 Å². The molecule has 186 valence electrons. The summed E-state index contributed by atoms with van der Waals surface area (Å²) in [6, 6.07) is 6.93. The molecule has 0 saturated carbocycles. The number of pyridine rings is 1. The molecule has 1 aromatic carbocycles. The SMILES string of the molecule is CCN(CC)S(=O)(=O)c1ccc(C)c(C(=O)N2CCCN(c3ccc(C(F)(F)F)cn3)CC2)c1. The van der Waals surface area contributed by atoms with Crippen LogP contribution in [0.5, 0.6) is 0 Å². The van der Waals surface area contributed by atoms with Gasteiger partial charge in [-0.2, -0.15) is 17.5 Å². The Kier molecular flexibility index (Phi) is 7.87. The summed E-state index contributed by atoms with van der Waals surface area (Å²) >= 11 is 0. The van der Waals surface area contributed by atoms with Crippen LogP contribution in [0.25, 0.3) is 0 Å². The highest BCUT2D eigenvalue weighted by Crippen LogP contribution is 2.29. The zero-order valence-electron chi connectivity index (χ0n) is 19.5. The zero-order valence-corrected chi connectivity index (χ0v) is 20.3. The summed E-state index contributed by atoms with van der Waals surface area (Å²) in [6.45, 7) is 7.67. The molecule has 0 atom stereocenters. The van der Waals surface area contributed by atoms with Gasteiger partial charge in [0.25, 0.3) is 5.91 Å². The Morgan fingerprint density at radius 2 is 1.76 bits per heavy atom. The first kappa shape index (κ1) is 26.0. The van der Waals surface area contributed by atoms with Gasteiger partial charge in [-0.1, -0.05) is 19.9 Å². The summed E-state index contributed by atoms with van der Waals surface area (Å²) in [4.78, 5) is 20.9. The molecule has 1 aliphatic rings. The van der Waals surface area contributed by atoms with Crippen molar-refractivity contribution < 1.29 is 26.4 Å². The van der Waals surface area contributed by atoms with Gasteiger partial charge in [0.05, 0.1) is 10.5 Å². The molecular formula is C23H29F3N4O3S. The van der Waals surface area contributed by atoms with Gasteiger partial charge in [-0.25, -0.2) is 13.4 Å². The second-order valence-electron chi connectivity index (χ2n) is 8.10. The maximum atomic E-state index is 13.3. The van der Waals surface area contributed by atoms with Crippen molar-refractivity contribution in [2.75, 3.05) is 44.2 Å². The fourth-order valence-corrected chi connectivity index (χ4v) is 5.45. The number of anilines is 1. The normalized spacial score (nSPS) is 15.5. The summed E-state index contributed by atoms with van der Waals surface area (Å²) in [6.07, 6.45) is -3.03. The highest BCUT2D eigenvalue weighted by molar-refractivity contribution is 7.89. The van der Waals surface area contributed by atoms with Crippen LogP contribution < -0.4 is 4.90 Å². The number of benzene rings is 1. The minimum atomic E-state index is -4.45. The van der Waals surface area contributed by atoms with Crippen LogP contribution in [0.1, 0.15) is 41.8 Å². The number of halogens is 3. The molecule has 0 unspecified atom stereocenters. The molecule has 1 saturated heterocycles. The third-order valence-electron chi connectivity index (χ3n) is 5.96. The van der Waals surface area contributed by atoms with Crippen molar-refractivity contribution >= 4 is 21.7 Å². The van der Waals surface area contributed by atoms with Crippen LogP contribution in [0.2, 0.25) is 0 Å². The van der Waals surface area contributed by atoms with Crippen molar-refractivity contribution in [1.82, 2.24) is 14.2 Å². The van der Waals surface area contributed by atoms with Gasteiger partial charge in [-0.3, -0.25) is 4.79 Å². The quantitative estimate of drug-likeness (QED) is 0.606. The number of aromatic nitrogens is 1. The van der Waals surface area contributed by atoms with E-state index in [-0.39, 0.29) is 10.8 Å². The predicted molar refractivity (Wildman–Crippen MR) is 123 cm³/mol. The highest BCUT2D eigenvalue weighted by Gasteiger charge is 2.31. The maximum absolute atomic E-state index is 13.3. The Bertz CT molecular complexity index is 1120. The van der Waals surface area contributed by atoms with E-state index >= 15 is 0 Å². The van der Waals surface area contributed by atoms with Gasteiger partial charge in [-0.15, -0.1) is 0 Å². The van der Waals surface area contributed by atoms with Gasteiger partial charge in [0.2, 0.25) is 10.0 Å². The van der Waals surface area contributed by atoms with Crippen molar-refractivity contribution in [3.8, 4) is 0 Å². The summed E-state index contributed by atoms with van der Waals surface area (Å²) in [7, 11) is -3.70. The number of alkyl halides is 3. The Labute approximate surface area is 198 Å². The van der Waals surface area contributed by atoms with E-state index in [0.29, 0.717) is 62.6 Å². The summed E-state index contributed by atoms with van der Waals surface area (Å²) in [5.74, 6) is 0.155. The van der Waals surface area contributed by atoms with Crippen LogP contribution in [0.3, 0.4) is 0 Å². The van der Waals surface area contributed by atoms with Crippen LogP contribution >= 0.6 is 0 Å². The molecule has 1 amide bonds. The number of hydrogen-bond acceptors (Lipinski definition) is 5. The average Bonchev–Trinajstić information content (AvgIpc) is 3.05. The van der Waals surface area contributed by atoms with E-state index in [1.165, 1.54) is 22.5 Å². The molecule has 1 aliphatic heterocycles. The number of amides is 1. The Balaban J connectivity index is 1.77. The number of sulfonamides is 1. The van der Waals surface area contributed by atoms with Crippen molar-refractivity contribution in [2.45, 2.75) is 38.3 Å². The lowest BCUT2D eigenvalue weighted by molar-refractivity contribution is -0.137. The number of hydrogen-bond donors (Lipinski definition) is 0. The molecule has 0 bridgehead atoms. The van der Waals surface area contributed by atoms with Crippen molar-refractivity contribution in [1.29, 1.82) is 0 Å². The van der Waals surface area contributed by atoms with Gasteiger partial charge >= 0.3 is 6.18 Å². The summed E-state index contributed by atoms with van der Waals surface area (Å²) in [5, 5.41) is 0. The molecule has 3 rings (SSSR count). The first-order chi connectivity index (χ1) is 16.0. The number of nitrogens with zero attached hydrogens (tertiary/aromatic N) is 4. The summed E-state index contributed by atoms with van der Waals surface area (Å²) in [5.41, 5.74) is 0.196. The largest absolute Gasteiger partial charge is 0.417 e. The van der Waals surface area contributed by atoms with E-state index in [0.717, 1.165) is 12.3 Å². The number of carbonyl (C=O) groups excluding carboxylic acids is 1. The number of aryl methyl sites for hydroxylation is 1. The third-order valence-corrected chi connectivity index (χ3v) is 8.01. The van der Waals surface area contributed by atoms with Crippen LogP contribution in [0.4, 0.5) is 19.0 Å². The topological polar surface area (TPSA) is 73.8 Å². The molecule has 1 fully saturated rings. The van der Waals surface area contributed by atoms with Crippen LogP contribution in [0, 0.1) is 6.92 Å². The third kappa shape index (κ3) is 5.52. The van der Waals surface area contributed by atoms with E-state index in [1.54, 1.807) is 31.7 Å². The van der Waals surface area contributed by atoms with Gasteiger partial charge in [0.1, 0.15) is 5.82 Å². The van der Waals surface area contributed by atoms with E-state index < -0.39 is 21.8 Å². The van der Waals surface area contributed by atoms with E-state index in [9.17, 15) is 26.4 Å². The number of carbonyl (C=O) groups is 1. The Hall–Kier alpha value is -2.66. The van der Waals surface area contributed by atoms with Crippen LogP contribution in [0.15, 0.2) is 41.4 Å². The van der Waals surface area contributed by atoms with Gasteiger partial charge in [0, 0.05) is 51.0 Å². The number of rotatable bonds is 6. The molecule has 0 radical (unpaired) electrons. The van der Waals surface area contributed by atoms with Crippen molar-refractivity contribution in [3.63, 3.8) is 0 Å². The van der Waals surface area contributed by atoms with Crippen LogP contribution in [-0.2, 0) is 16.2 Å². The minimum Gasteiger partial charge on any atom is -0.355 e. The summed E-state index contributed by atoms with van der Waals surface area (Å²) < 4.78 is 65.6. The molecule has 7 nitrogen and oxygen atoms in total. The van der Waals surface area contributed by atoms with Crippen LogP contribution in [-0.4, -0.2) is 67.8 Å². The molecule has 0 aliphatic carbocycles. The molecular weight excluding hydrogens is 469 g/mol. The average molecular weight is 499 g/mol. The Morgan fingerprint density at radius 1 is 1.06 bits per heavy atom. The minimum absolute atomic E-state index is 0.0792. The molecule has 2 aromatic rings. The second-order valence-corrected chi connectivity index (χ2v) is 10.0. The lowest BCUT2D eigenvalue weighted by Gasteiger charge is -2.24. The zero-order chi connectivity index (χ0) is 25.1. The fourth-order valence-electron chi connectivity index (χ4n) is 3.97. The molecule has 11 heteroatoms. The lowest BCUT2D eigenvalue weighted by atomic mass is 10.1. The highest BCUT2D eigenvalue weighted by atomic mass is 32.2. The maximum Gasteiger partial charge on any atom is 0.417 e. The monoisotopic (exact) mass is 498 g/mol. The Morgan fingerprint density at radius 3 is 2.35 bits per heavy atom. The van der Waals surface area contributed by atoms with E-state index in [4.69, 9.17) is 0 Å². The van der Waals surface area contributed by atoms with E-state index in [1.807, 2.05) is 4.90 Å². The predicted octanol–water partition coefficient (Wildman–Crippen LogP) is 3.79. The first-order valence-electron chi connectivity index (χ1n) is 11.2. The smallest absolute Gasteiger partial charge is 0.355 e. The standard InChI is InChI=1S/C23H29F3N4O3S/c1-4-30(5-2)34(32,33)19-9-7-17(3)20(15-19)22(31)29-12-6-11-28(13-14-29)21-10-8-18(16-27-21)23(24,25)26/h7-10,15-16H,4-6,11-14H2,1-3H3. The molecule has 0 N–H and O–H groups in total. The van der Waals surface area contributed by atoms with E-state index in [2.05, 4.69) is 4.98 Å².